The van der Waals surface area contributed by atoms with Gasteiger partial charge in [-0.3, -0.25) is 28.8 Å². The number of aromatic amines is 1. The van der Waals surface area contributed by atoms with Crippen molar-refractivity contribution < 1.29 is 9.59 Å². The highest BCUT2D eigenvalue weighted by molar-refractivity contribution is 5.97. The molecule has 0 saturated carbocycles. The Morgan fingerprint density at radius 3 is 2.16 bits per heavy atom. The Kier molecular flexibility index (Phi) is 10.5. The van der Waals surface area contributed by atoms with Crippen molar-refractivity contribution in [3.05, 3.63) is 20.8 Å². The summed E-state index contributed by atoms with van der Waals surface area (Å²) < 4.78 is 1.29. The van der Waals surface area contributed by atoms with Crippen molar-refractivity contribution in [1.29, 1.82) is 0 Å². The van der Waals surface area contributed by atoms with Crippen molar-refractivity contribution in [2.24, 2.45) is 5.92 Å². The summed E-state index contributed by atoms with van der Waals surface area (Å²) in [5, 5.41) is 0. The van der Waals surface area contributed by atoms with E-state index in [0.717, 1.165) is 6.42 Å². The fraction of sp³-hybridized carbons (Fsp3) is 0.714. The maximum Gasteiger partial charge on any atom is 0.330 e. The molecule has 10 heteroatoms. The van der Waals surface area contributed by atoms with E-state index >= 15 is 0 Å². The fourth-order valence-corrected chi connectivity index (χ4v) is 3.34. The van der Waals surface area contributed by atoms with Crippen LogP contribution in [0.2, 0.25) is 0 Å². The molecule has 0 aliphatic rings. The molecule has 31 heavy (non-hydrogen) atoms. The Bertz CT molecular complexity index is 856. The molecular weight excluding hydrogens is 400 g/mol. The Hall–Kier alpha value is -2.62. The molecule has 2 amide bonds. The molecule has 1 aromatic heterocycles. The second kappa shape index (κ2) is 12.3. The SMILES string of the molecule is CCCCN(C(=O)CN(C)CC(=O)N(CC)CC)c1c(N)n(CC(C)C)c(=O)[nH]c1=O. The summed E-state index contributed by atoms with van der Waals surface area (Å²) in [6, 6.07) is 0. The predicted molar refractivity (Wildman–Crippen MR) is 123 cm³/mol. The van der Waals surface area contributed by atoms with E-state index in [0.29, 0.717) is 32.6 Å². The lowest BCUT2D eigenvalue weighted by atomic mass is 10.2. The molecule has 1 heterocycles. The van der Waals surface area contributed by atoms with Gasteiger partial charge in [0.1, 0.15) is 5.82 Å². The van der Waals surface area contributed by atoms with Crippen LogP contribution < -0.4 is 21.9 Å². The Morgan fingerprint density at radius 1 is 1.06 bits per heavy atom. The predicted octanol–water partition coefficient (Wildman–Crippen LogP) is 0.708. The Balaban J connectivity index is 3.21. The van der Waals surface area contributed by atoms with Crippen LogP contribution in [0.1, 0.15) is 47.5 Å². The molecule has 0 saturated heterocycles. The molecule has 176 valence electrons. The van der Waals surface area contributed by atoms with Gasteiger partial charge in [-0.2, -0.15) is 0 Å². The highest BCUT2D eigenvalue weighted by atomic mass is 16.2. The topological polar surface area (TPSA) is 125 Å². The van der Waals surface area contributed by atoms with Gasteiger partial charge in [0.15, 0.2) is 5.69 Å². The number of nitrogens with two attached hydrogens (primary N) is 1. The molecular formula is C21H38N6O4. The molecule has 0 spiro atoms. The van der Waals surface area contributed by atoms with Gasteiger partial charge in [0.05, 0.1) is 13.1 Å². The van der Waals surface area contributed by atoms with Gasteiger partial charge in [0, 0.05) is 26.2 Å². The second-order valence-electron chi connectivity index (χ2n) is 8.13. The van der Waals surface area contributed by atoms with E-state index in [2.05, 4.69) is 4.98 Å². The van der Waals surface area contributed by atoms with Gasteiger partial charge in [-0.25, -0.2) is 4.79 Å². The van der Waals surface area contributed by atoms with Crippen LogP contribution in [-0.4, -0.2) is 70.9 Å². The molecule has 3 N–H and O–H groups in total. The van der Waals surface area contributed by atoms with E-state index in [4.69, 9.17) is 5.73 Å². The number of hydrogen-bond acceptors (Lipinski definition) is 6. The third-order valence-electron chi connectivity index (χ3n) is 4.99. The van der Waals surface area contributed by atoms with Crippen LogP contribution in [-0.2, 0) is 16.1 Å². The molecule has 0 aliphatic heterocycles. The number of hydrogen-bond donors (Lipinski definition) is 2. The lowest BCUT2D eigenvalue weighted by molar-refractivity contribution is -0.132. The number of unbranched alkanes of at least 4 members (excludes halogenated alkanes) is 1. The number of anilines is 2. The van der Waals surface area contributed by atoms with E-state index in [1.807, 2.05) is 34.6 Å². The maximum atomic E-state index is 13.1. The fourth-order valence-electron chi connectivity index (χ4n) is 3.34. The summed E-state index contributed by atoms with van der Waals surface area (Å²) in [7, 11) is 1.69. The van der Waals surface area contributed by atoms with Gasteiger partial charge < -0.3 is 15.5 Å². The number of carbonyl (C=O) groups excluding carboxylic acids is 2. The largest absolute Gasteiger partial charge is 0.383 e. The molecule has 0 bridgehead atoms. The average molecular weight is 439 g/mol. The molecule has 0 aliphatic carbocycles. The smallest absolute Gasteiger partial charge is 0.330 e. The number of carbonyl (C=O) groups is 2. The molecule has 0 fully saturated rings. The van der Waals surface area contributed by atoms with Crippen LogP contribution in [0, 0.1) is 5.92 Å². The number of nitrogens with zero attached hydrogens (tertiary/aromatic N) is 4. The minimum Gasteiger partial charge on any atom is -0.383 e. The molecule has 0 atom stereocenters. The standard InChI is InChI=1S/C21H38N6O4/c1-7-10-11-26(17(29)14-24(6)13-16(28)25(8-2)9-3)18-19(22)27(12-15(4)5)21(31)23-20(18)30/h15H,7-14,22H2,1-6H3,(H,23,30,31). The summed E-state index contributed by atoms with van der Waals surface area (Å²) in [5.74, 6) is -0.317. The number of amides is 2. The summed E-state index contributed by atoms with van der Waals surface area (Å²) in [5.41, 5.74) is 4.91. The van der Waals surface area contributed by atoms with E-state index in [-0.39, 0.29) is 42.3 Å². The molecule has 1 rings (SSSR count). The zero-order valence-corrected chi connectivity index (χ0v) is 19.7. The second-order valence-corrected chi connectivity index (χ2v) is 8.13. The number of nitrogens with one attached hydrogen (secondary N) is 1. The summed E-state index contributed by atoms with van der Waals surface area (Å²) in [6.07, 6.45) is 1.47. The van der Waals surface area contributed by atoms with Crippen LogP contribution >= 0.6 is 0 Å². The van der Waals surface area contributed by atoms with Gasteiger partial charge >= 0.3 is 5.69 Å². The minimum absolute atomic E-state index is 0.0119. The van der Waals surface area contributed by atoms with Crippen LogP contribution in [0.15, 0.2) is 9.59 Å². The van der Waals surface area contributed by atoms with Crippen molar-refractivity contribution in [3.8, 4) is 0 Å². The van der Waals surface area contributed by atoms with Crippen molar-refractivity contribution in [2.45, 2.75) is 54.0 Å². The number of rotatable bonds is 12. The third kappa shape index (κ3) is 7.23. The molecule has 10 nitrogen and oxygen atoms in total. The zero-order chi connectivity index (χ0) is 23.7. The average Bonchev–Trinajstić information content (AvgIpc) is 2.68. The first-order chi connectivity index (χ1) is 14.6. The number of H-pyrrole nitrogens is 1. The summed E-state index contributed by atoms with van der Waals surface area (Å²) in [6.45, 7) is 11.5. The van der Waals surface area contributed by atoms with Crippen LogP contribution in [0.3, 0.4) is 0 Å². The normalized spacial score (nSPS) is 11.2. The summed E-state index contributed by atoms with van der Waals surface area (Å²) in [4.78, 5) is 57.3. The number of nitrogen functional groups attached to an aromatic ring is 1. The highest BCUT2D eigenvalue weighted by Crippen LogP contribution is 2.19. The van der Waals surface area contributed by atoms with Crippen molar-refractivity contribution in [3.63, 3.8) is 0 Å². The molecule has 1 aromatic rings. The van der Waals surface area contributed by atoms with Crippen LogP contribution in [0.4, 0.5) is 11.5 Å². The van der Waals surface area contributed by atoms with Crippen LogP contribution in [0.5, 0.6) is 0 Å². The number of likely N-dealkylation sites (N-methyl/N-ethyl adjacent to an activating group) is 2. The highest BCUT2D eigenvalue weighted by Gasteiger charge is 2.25. The lowest BCUT2D eigenvalue weighted by Crippen LogP contribution is -2.47. The van der Waals surface area contributed by atoms with Gasteiger partial charge in [-0.15, -0.1) is 0 Å². The third-order valence-corrected chi connectivity index (χ3v) is 4.99. The van der Waals surface area contributed by atoms with Gasteiger partial charge in [0.2, 0.25) is 11.8 Å². The van der Waals surface area contributed by atoms with Crippen molar-refractivity contribution >= 4 is 23.3 Å². The monoisotopic (exact) mass is 438 g/mol. The lowest BCUT2D eigenvalue weighted by Gasteiger charge is -2.27. The zero-order valence-electron chi connectivity index (χ0n) is 19.7. The van der Waals surface area contributed by atoms with Gasteiger partial charge in [-0.1, -0.05) is 27.2 Å². The van der Waals surface area contributed by atoms with Gasteiger partial charge in [-0.05, 0) is 33.2 Å². The van der Waals surface area contributed by atoms with E-state index in [1.165, 1.54) is 9.47 Å². The first-order valence-corrected chi connectivity index (χ1v) is 11.0. The molecule has 0 radical (unpaired) electrons. The number of aromatic nitrogens is 2. The van der Waals surface area contributed by atoms with Crippen LogP contribution in [0.25, 0.3) is 0 Å². The first kappa shape index (κ1) is 26.4. The van der Waals surface area contributed by atoms with E-state index in [9.17, 15) is 19.2 Å². The van der Waals surface area contributed by atoms with E-state index in [1.54, 1.807) is 16.8 Å². The maximum absolute atomic E-state index is 13.1. The first-order valence-electron chi connectivity index (χ1n) is 11.0. The quantitative estimate of drug-likeness (QED) is 0.495. The van der Waals surface area contributed by atoms with Crippen molar-refractivity contribution in [2.75, 3.05) is 50.4 Å². The van der Waals surface area contributed by atoms with E-state index < -0.39 is 11.2 Å². The molecule has 0 aromatic carbocycles. The Morgan fingerprint density at radius 2 is 1.65 bits per heavy atom. The summed E-state index contributed by atoms with van der Waals surface area (Å²) >= 11 is 0. The molecule has 0 unspecified atom stereocenters. The van der Waals surface area contributed by atoms with Gasteiger partial charge in [0.25, 0.3) is 5.56 Å². The Labute approximate surface area is 184 Å². The minimum atomic E-state index is -0.686. The van der Waals surface area contributed by atoms with Crippen molar-refractivity contribution in [1.82, 2.24) is 19.4 Å².